The molecule has 1 aromatic carbocycles. The summed E-state index contributed by atoms with van der Waals surface area (Å²) >= 11 is 7.21. The molecule has 1 aromatic heterocycles. The van der Waals surface area contributed by atoms with Crippen LogP contribution in [0.15, 0.2) is 23.8 Å². The predicted molar refractivity (Wildman–Crippen MR) is 172 cm³/mol. The van der Waals surface area contributed by atoms with E-state index in [1.54, 1.807) is 45.0 Å². The lowest BCUT2D eigenvalue weighted by molar-refractivity contribution is -0.126. The molecule has 0 spiro atoms. The summed E-state index contributed by atoms with van der Waals surface area (Å²) in [7, 11) is 3.11. The summed E-state index contributed by atoms with van der Waals surface area (Å²) < 4.78 is 11.0. The number of aromatic nitrogens is 2. The number of nitrogens with zero attached hydrogens (tertiary/aromatic N) is 5. The van der Waals surface area contributed by atoms with Crippen molar-refractivity contribution in [3.05, 3.63) is 23.8 Å². The number of Topliss-reactive ketones (excluding diaryl/α,β-unsaturated/α-hetero) is 1. The Bertz CT molecular complexity index is 1430. The number of thiocarbonyl (C=S) groups is 1. The zero-order valence-electron chi connectivity index (χ0n) is 24.9. The number of carbonyl (C=O) groups excluding carboxylic acids is 3. The second-order valence-electron chi connectivity index (χ2n) is 11.0. The number of piperazine rings is 1. The number of rotatable bonds is 9. The number of methoxy groups -OCH3 is 2. The zero-order valence-corrected chi connectivity index (χ0v) is 26.5. The van der Waals surface area contributed by atoms with Crippen LogP contribution in [0.3, 0.4) is 0 Å². The van der Waals surface area contributed by atoms with Crippen LogP contribution >= 0.6 is 24.0 Å². The van der Waals surface area contributed by atoms with E-state index in [1.165, 1.54) is 5.57 Å². The van der Waals surface area contributed by atoms with Gasteiger partial charge in [0.05, 0.1) is 30.6 Å². The first-order valence-electron chi connectivity index (χ1n) is 14.6. The smallest absolute Gasteiger partial charge is 0.249 e. The minimum Gasteiger partial charge on any atom is -0.493 e. The second-order valence-corrected chi connectivity index (χ2v) is 12.5. The Morgan fingerprint density at radius 1 is 1.05 bits per heavy atom. The van der Waals surface area contributed by atoms with Gasteiger partial charge in [0.2, 0.25) is 17.8 Å². The highest BCUT2D eigenvalue weighted by atomic mass is 32.2. The van der Waals surface area contributed by atoms with Crippen LogP contribution < -0.4 is 19.7 Å². The summed E-state index contributed by atoms with van der Waals surface area (Å²) in [6.45, 7) is 3.79. The van der Waals surface area contributed by atoms with Crippen molar-refractivity contribution >= 4 is 69.2 Å². The summed E-state index contributed by atoms with van der Waals surface area (Å²) in [4.78, 5) is 54.1. The van der Waals surface area contributed by atoms with Crippen LogP contribution in [-0.4, -0.2) is 100 Å². The number of nitrogens with one attached hydrogen (secondary N) is 1. The number of hydrogen-bond acceptors (Lipinski definition) is 10. The summed E-state index contributed by atoms with van der Waals surface area (Å²) in [6.07, 6.45) is 6.96. The molecule has 3 fully saturated rings. The highest BCUT2D eigenvalue weighted by Crippen LogP contribution is 2.36. The van der Waals surface area contributed by atoms with Gasteiger partial charge in [-0.2, -0.15) is 4.98 Å². The second kappa shape index (κ2) is 13.9. The molecule has 1 N–H and O–H groups in total. The summed E-state index contributed by atoms with van der Waals surface area (Å²) in [6, 6.07) is 3.05. The van der Waals surface area contributed by atoms with Crippen LogP contribution in [0, 0.1) is 0 Å². The average molecular weight is 627 g/mol. The Hall–Kier alpha value is -3.45. The Kier molecular flexibility index (Phi) is 10.0. The van der Waals surface area contributed by atoms with Crippen molar-refractivity contribution in [1.29, 1.82) is 0 Å². The molecule has 3 heterocycles. The highest BCUT2D eigenvalue weighted by molar-refractivity contribution is 7.99. The number of benzene rings is 1. The van der Waals surface area contributed by atoms with Crippen molar-refractivity contribution < 1.29 is 23.9 Å². The van der Waals surface area contributed by atoms with Gasteiger partial charge in [0.15, 0.2) is 11.5 Å². The molecule has 13 heteroatoms. The first-order chi connectivity index (χ1) is 20.8. The fourth-order valence-corrected chi connectivity index (χ4v) is 7.15. The number of ether oxygens (including phenoxy) is 2. The number of amides is 2. The van der Waals surface area contributed by atoms with Crippen LogP contribution in [0.2, 0.25) is 0 Å². The van der Waals surface area contributed by atoms with Crippen molar-refractivity contribution in [1.82, 2.24) is 19.8 Å². The van der Waals surface area contributed by atoms with E-state index in [0.29, 0.717) is 89.8 Å². The molecule has 0 radical (unpaired) electrons. The van der Waals surface area contributed by atoms with Gasteiger partial charge in [-0.15, -0.1) is 11.8 Å². The lowest BCUT2D eigenvalue weighted by atomic mass is 10.2. The number of anilines is 2. The third-order valence-electron chi connectivity index (χ3n) is 8.07. The van der Waals surface area contributed by atoms with Crippen molar-refractivity contribution in [2.45, 2.75) is 51.5 Å². The molecule has 1 saturated carbocycles. The molecular formula is C30H38N6O5S2. The van der Waals surface area contributed by atoms with Crippen molar-refractivity contribution in [3.63, 3.8) is 0 Å². The maximum atomic E-state index is 13.7. The summed E-state index contributed by atoms with van der Waals surface area (Å²) in [5.74, 6) is 2.91. The first kappa shape index (κ1) is 31.0. The Morgan fingerprint density at radius 2 is 1.74 bits per heavy atom. The van der Waals surface area contributed by atoms with Gasteiger partial charge >= 0.3 is 0 Å². The third-order valence-corrected chi connectivity index (χ3v) is 9.53. The lowest BCUT2D eigenvalue weighted by Gasteiger charge is -2.34. The van der Waals surface area contributed by atoms with Gasteiger partial charge in [-0.3, -0.25) is 9.59 Å². The quantitative estimate of drug-likeness (QED) is 0.324. The van der Waals surface area contributed by atoms with E-state index < -0.39 is 6.04 Å². The van der Waals surface area contributed by atoms with Gasteiger partial charge in [-0.25, -0.2) is 4.98 Å². The average Bonchev–Trinajstić information content (AvgIpc) is 3.72. The Labute approximate surface area is 261 Å². The molecule has 43 heavy (non-hydrogen) atoms. The highest BCUT2D eigenvalue weighted by Gasteiger charge is 2.34. The molecule has 2 aromatic rings. The molecule has 2 aliphatic heterocycles. The minimum atomic E-state index is -0.485. The molecule has 2 saturated heterocycles. The number of thioether (sulfide) groups is 1. The van der Waals surface area contributed by atoms with E-state index in [4.69, 9.17) is 31.7 Å². The van der Waals surface area contributed by atoms with E-state index >= 15 is 0 Å². The number of hydrogen-bond donors (Lipinski definition) is 1. The maximum absolute atomic E-state index is 13.7. The maximum Gasteiger partial charge on any atom is 0.249 e. The van der Waals surface area contributed by atoms with Crippen LogP contribution in [0.1, 0.15) is 45.4 Å². The standard InChI is InChI=1S/C30H38N6O5S2/c1-19(37)8-9-27(42)36-18-43-17-23(36)29(39)32-28-21-15-24(40-2)25(41-3)16-22(21)31-30(33-28)35-12-10-34(11-13-35)26(38)14-20-6-4-5-7-20/h14-16,23H,4-13,17-18H2,1-3H3,(H,31,32,33,39). The zero-order chi connectivity index (χ0) is 30.5. The third kappa shape index (κ3) is 7.20. The molecule has 1 aliphatic carbocycles. The lowest BCUT2D eigenvalue weighted by Crippen LogP contribution is -2.49. The van der Waals surface area contributed by atoms with Crippen LogP contribution in [-0.2, 0) is 14.4 Å². The topological polar surface area (TPSA) is 117 Å². The van der Waals surface area contributed by atoms with Gasteiger partial charge < -0.3 is 34.3 Å². The fraction of sp³-hybridized carbons (Fsp3) is 0.533. The Balaban J connectivity index is 1.38. The first-order valence-corrected chi connectivity index (χ1v) is 16.2. The number of ketones is 1. The summed E-state index contributed by atoms with van der Waals surface area (Å²) in [5, 5.41) is 3.66. The molecule has 230 valence electrons. The van der Waals surface area contributed by atoms with Crippen molar-refractivity contribution in [3.8, 4) is 11.5 Å². The minimum absolute atomic E-state index is 0.0654. The normalized spacial score (nSPS) is 18.6. The van der Waals surface area contributed by atoms with E-state index in [1.807, 2.05) is 20.8 Å². The van der Waals surface area contributed by atoms with Crippen LogP contribution in [0.25, 0.3) is 10.9 Å². The van der Waals surface area contributed by atoms with Crippen LogP contribution in [0.5, 0.6) is 11.5 Å². The van der Waals surface area contributed by atoms with Crippen molar-refractivity contribution in [2.75, 3.05) is 62.2 Å². The number of fused-ring (bicyclic) bond motifs is 1. The van der Waals surface area contributed by atoms with Gasteiger partial charge in [-0.1, -0.05) is 17.8 Å². The van der Waals surface area contributed by atoms with Gasteiger partial charge in [0, 0.05) is 62.3 Å². The van der Waals surface area contributed by atoms with E-state index in [2.05, 4.69) is 5.32 Å². The van der Waals surface area contributed by atoms with E-state index in [9.17, 15) is 14.4 Å². The van der Waals surface area contributed by atoms with Gasteiger partial charge in [0.25, 0.3) is 0 Å². The SMILES string of the molecule is COc1cc2nc(N3CCN(C(=O)C=C4CCCC4)CC3)nc(NC(=O)C3CSCN3C(=S)CCC(C)=O)c2cc1OC. The molecule has 3 aliphatic rings. The molecule has 11 nitrogen and oxygen atoms in total. The fourth-order valence-electron chi connectivity index (χ4n) is 5.58. The molecule has 1 atom stereocenters. The molecular weight excluding hydrogens is 589 g/mol. The van der Waals surface area contributed by atoms with E-state index in [0.717, 1.165) is 25.7 Å². The van der Waals surface area contributed by atoms with Gasteiger partial charge in [-0.05, 0) is 38.7 Å². The molecule has 5 rings (SSSR count). The molecule has 0 bridgehead atoms. The number of carbonyl (C=O) groups is 3. The van der Waals surface area contributed by atoms with E-state index in [-0.39, 0.29) is 17.6 Å². The largest absolute Gasteiger partial charge is 0.493 e. The monoisotopic (exact) mass is 626 g/mol. The molecule has 2 amide bonds. The predicted octanol–water partition coefficient (Wildman–Crippen LogP) is 3.81. The van der Waals surface area contributed by atoms with Crippen molar-refractivity contribution in [2.24, 2.45) is 0 Å². The Morgan fingerprint density at radius 3 is 2.42 bits per heavy atom. The summed E-state index contributed by atoms with van der Waals surface area (Å²) in [5.41, 5.74) is 1.84. The van der Waals surface area contributed by atoms with Crippen LogP contribution in [0.4, 0.5) is 11.8 Å². The molecule has 1 unspecified atom stereocenters. The number of allylic oxidation sites excluding steroid dienone is 1. The van der Waals surface area contributed by atoms with Gasteiger partial charge in [0.1, 0.15) is 17.6 Å².